The number of esters is 1. The van der Waals surface area contributed by atoms with E-state index in [4.69, 9.17) is 4.74 Å². The summed E-state index contributed by atoms with van der Waals surface area (Å²) in [5.41, 5.74) is 6.63. The highest BCUT2D eigenvalue weighted by atomic mass is 28.3. The average molecular weight is 449 g/mol. The van der Waals surface area contributed by atoms with Gasteiger partial charge in [0.2, 0.25) is 0 Å². The lowest BCUT2D eigenvalue weighted by Gasteiger charge is -2.38. The van der Waals surface area contributed by atoms with Crippen molar-refractivity contribution in [2.75, 3.05) is 0 Å². The lowest BCUT2D eigenvalue weighted by Crippen LogP contribution is -2.44. The van der Waals surface area contributed by atoms with Crippen molar-refractivity contribution in [2.45, 2.75) is 84.5 Å². The quantitative estimate of drug-likeness (QED) is 0.224. The van der Waals surface area contributed by atoms with Gasteiger partial charge in [0.1, 0.15) is 20.1 Å². The molecule has 0 saturated heterocycles. The van der Waals surface area contributed by atoms with Gasteiger partial charge >= 0.3 is 5.97 Å². The third-order valence-corrected chi connectivity index (χ3v) is 13.2. The van der Waals surface area contributed by atoms with Gasteiger partial charge in [-0.25, -0.2) is 0 Å². The standard InChI is InChI=1S/C29H40O2Si/c1-8-29(21-26-15-11-9-12-16-26,28(30)31-22-27-17-13-10-14-18-27)19-20-32(23(2)3,24(4)5)25(6)7/h9-18,23-25H,8,21-22H2,1-7H3. The van der Waals surface area contributed by atoms with Crippen LogP contribution in [0.1, 0.15) is 66.0 Å². The largest absolute Gasteiger partial charge is 0.460 e. The third-order valence-electron chi connectivity index (χ3n) is 6.94. The molecule has 0 bridgehead atoms. The fraction of sp³-hybridized carbons (Fsp3) is 0.483. The Kier molecular flexibility index (Phi) is 9.34. The molecule has 0 saturated carbocycles. The molecule has 2 rings (SSSR count). The van der Waals surface area contributed by atoms with Crippen LogP contribution in [0.2, 0.25) is 16.6 Å². The van der Waals surface area contributed by atoms with Crippen molar-refractivity contribution < 1.29 is 9.53 Å². The molecular formula is C29H40O2Si. The maximum Gasteiger partial charge on any atom is 0.324 e. The Morgan fingerprint density at radius 2 is 1.31 bits per heavy atom. The highest BCUT2D eigenvalue weighted by Gasteiger charge is 2.43. The van der Waals surface area contributed by atoms with Crippen molar-refractivity contribution in [3.05, 3.63) is 71.8 Å². The molecule has 0 spiro atoms. The highest BCUT2D eigenvalue weighted by molar-refractivity contribution is 6.90. The molecule has 0 aliphatic heterocycles. The molecule has 1 unspecified atom stereocenters. The lowest BCUT2D eigenvalue weighted by molar-refractivity contribution is -0.154. The van der Waals surface area contributed by atoms with Crippen molar-refractivity contribution in [3.8, 4) is 11.5 Å². The third kappa shape index (κ3) is 5.93. The monoisotopic (exact) mass is 448 g/mol. The summed E-state index contributed by atoms with van der Waals surface area (Å²) in [4.78, 5) is 13.6. The summed E-state index contributed by atoms with van der Waals surface area (Å²) in [5, 5.41) is 0. The maximum absolute atomic E-state index is 13.6. The number of rotatable bonds is 9. The fourth-order valence-electron chi connectivity index (χ4n) is 4.99. The van der Waals surface area contributed by atoms with E-state index in [1.807, 2.05) is 48.5 Å². The van der Waals surface area contributed by atoms with Crippen LogP contribution in [0.25, 0.3) is 0 Å². The molecular weight excluding hydrogens is 408 g/mol. The molecule has 3 heteroatoms. The van der Waals surface area contributed by atoms with Gasteiger partial charge in [0.15, 0.2) is 0 Å². The van der Waals surface area contributed by atoms with Gasteiger partial charge in [0.25, 0.3) is 0 Å². The van der Waals surface area contributed by atoms with Gasteiger partial charge in [-0.05, 0) is 40.6 Å². The molecule has 0 aromatic heterocycles. The molecule has 0 radical (unpaired) electrons. The second-order valence-corrected chi connectivity index (χ2v) is 15.4. The molecule has 2 aromatic rings. The molecule has 0 amide bonds. The fourth-order valence-corrected chi connectivity index (χ4v) is 10.3. The first-order valence-electron chi connectivity index (χ1n) is 12.0. The maximum atomic E-state index is 13.6. The molecule has 2 aromatic carbocycles. The lowest BCUT2D eigenvalue weighted by atomic mass is 9.80. The molecule has 0 N–H and O–H groups in total. The van der Waals surface area contributed by atoms with Gasteiger partial charge in [-0.1, -0.05) is 115 Å². The molecule has 32 heavy (non-hydrogen) atoms. The van der Waals surface area contributed by atoms with Gasteiger partial charge in [-0.15, -0.1) is 5.54 Å². The second kappa shape index (κ2) is 11.5. The summed E-state index contributed by atoms with van der Waals surface area (Å²) in [5.74, 6) is 3.38. The predicted molar refractivity (Wildman–Crippen MR) is 138 cm³/mol. The summed E-state index contributed by atoms with van der Waals surface area (Å²) in [6.45, 7) is 16.2. The van der Waals surface area contributed by atoms with Crippen LogP contribution >= 0.6 is 0 Å². The summed E-state index contributed by atoms with van der Waals surface area (Å²) in [6, 6.07) is 20.1. The number of hydrogen-bond donors (Lipinski definition) is 0. The van der Waals surface area contributed by atoms with Gasteiger partial charge in [0.05, 0.1) is 0 Å². The Morgan fingerprint density at radius 3 is 1.75 bits per heavy atom. The summed E-state index contributed by atoms with van der Waals surface area (Å²) < 4.78 is 5.88. The van der Waals surface area contributed by atoms with Crippen LogP contribution in [-0.4, -0.2) is 14.0 Å². The Morgan fingerprint density at radius 1 is 0.844 bits per heavy atom. The number of carbonyl (C=O) groups is 1. The normalized spacial score (nSPS) is 13.6. The van der Waals surface area contributed by atoms with E-state index >= 15 is 0 Å². The van der Waals surface area contributed by atoms with Crippen LogP contribution in [0, 0.1) is 16.9 Å². The Balaban J connectivity index is 2.50. The second-order valence-electron chi connectivity index (χ2n) is 9.81. The number of ether oxygens (including phenoxy) is 1. The van der Waals surface area contributed by atoms with E-state index in [1.54, 1.807) is 0 Å². The van der Waals surface area contributed by atoms with Crippen LogP contribution < -0.4 is 0 Å². The van der Waals surface area contributed by atoms with Crippen molar-refractivity contribution in [3.63, 3.8) is 0 Å². The van der Waals surface area contributed by atoms with Gasteiger partial charge in [0, 0.05) is 0 Å². The minimum Gasteiger partial charge on any atom is -0.460 e. The van der Waals surface area contributed by atoms with Gasteiger partial charge in [-0.3, -0.25) is 4.79 Å². The molecule has 0 aliphatic rings. The molecule has 172 valence electrons. The van der Waals surface area contributed by atoms with Crippen LogP contribution in [0.4, 0.5) is 0 Å². The van der Waals surface area contributed by atoms with E-state index < -0.39 is 13.5 Å². The van der Waals surface area contributed by atoms with Crippen molar-refractivity contribution in [1.82, 2.24) is 0 Å². The van der Waals surface area contributed by atoms with Crippen molar-refractivity contribution in [1.29, 1.82) is 0 Å². The first-order chi connectivity index (χ1) is 15.2. The van der Waals surface area contributed by atoms with Crippen molar-refractivity contribution >= 4 is 14.0 Å². The minimum atomic E-state index is -1.97. The number of carbonyl (C=O) groups excluding carboxylic acids is 1. The van der Waals surface area contributed by atoms with Crippen LogP contribution in [0.5, 0.6) is 0 Å². The topological polar surface area (TPSA) is 26.3 Å². The molecule has 0 aliphatic carbocycles. The summed E-state index contributed by atoms with van der Waals surface area (Å²) >= 11 is 0. The number of hydrogen-bond acceptors (Lipinski definition) is 2. The molecule has 1 atom stereocenters. The first-order valence-corrected chi connectivity index (χ1v) is 14.2. The van der Waals surface area contributed by atoms with E-state index in [9.17, 15) is 4.79 Å². The molecule has 2 nitrogen and oxygen atoms in total. The minimum absolute atomic E-state index is 0.209. The smallest absolute Gasteiger partial charge is 0.324 e. The van der Waals surface area contributed by atoms with Crippen LogP contribution in [0.3, 0.4) is 0 Å². The molecule has 0 heterocycles. The van der Waals surface area contributed by atoms with E-state index in [-0.39, 0.29) is 12.6 Å². The van der Waals surface area contributed by atoms with E-state index in [0.29, 0.717) is 29.5 Å². The van der Waals surface area contributed by atoms with Crippen molar-refractivity contribution in [2.24, 2.45) is 5.41 Å². The van der Waals surface area contributed by atoms with Gasteiger partial charge in [-0.2, -0.15) is 0 Å². The summed E-state index contributed by atoms with van der Waals surface area (Å²) in [7, 11) is -1.97. The zero-order chi connectivity index (χ0) is 23.8. The zero-order valence-electron chi connectivity index (χ0n) is 20.9. The zero-order valence-corrected chi connectivity index (χ0v) is 21.9. The van der Waals surface area contributed by atoms with Gasteiger partial charge < -0.3 is 4.74 Å². The van der Waals surface area contributed by atoms with E-state index in [0.717, 1.165) is 11.1 Å². The van der Waals surface area contributed by atoms with Crippen LogP contribution in [-0.2, 0) is 22.6 Å². The van der Waals surface area contributed by atoms with E-state index in [2.05, 4.69) is 72.1 Å². The van der Waals surface area contributed by atoms with Crippen LogP contribution in [0.15, 0.2) is 60.7 Å². The highest BCUT2D eigenvalue weighted by Crippen LogP contribution is 2.41. The Labute approximate surface area is 196 Å². The first kappa shape index (κ1) is 25.9. The predicted octanol–water partition coefficient (Wildman–Crippen LogP) is 7.59. The molecule has 0 fully saturated rings. The summed E-state index contributed by atoms with van der Waals surface area (Å²) in [6.07, 6.45) is 1.20. The number of benzene rings is 2. The van der Waals surface area contributed by atoms with E-state index in [1.165, 1.54) is 0 Å². The SMILES string of the molecule is CCC(C#C[Si](C(C)C)(C(C)C)C(C)C)(Cc1ccccc1)C(=O)OCc1ccccc1. The average Bonchev–Trinajstić information content (AvgIpc) is 2.77. The Bertz CT molecular complexity index is 885. The Hall–Kier alpha value is -2.31.